The number of hydrogen-bond donors (Lipinski definition) is 2. The molecule has 0 unspecified atom stereocenters. The van der Waals surface area contributed by atoms with E-state index in [2.05, 4.69) is 52.5 Å². The van der Waals surface area contributed by atoms with Gasteiger partial charge < -0.3 is 10.4 Å². The van der Waals surface area contributed by atoms with Gasteiger partial charge in [0.1, 0.15) is 0 Å². The van der Waals surface area contributed by atoms with Gasteiger partial charge in [-0.3, -0.25) is 0 Å². The van der Waals surface area contributed by atoms with Crippen molar-refractivity contribution in [2.75, 3.05) is 13.2 Å². The molecule has 5 heteroatoms. The van der Waals surface area contributed by atoms with Gasteiger partial charge in [-0.1, -0.05) is 60.0 Å². The molecule has 4 nitrogen and oxygen atoms in total. The minimum absolute atomic E-state index is 0.0755. The predicted octanol–water partition coefficient (Wildman–Crippen LogP) is 3.59. The number of hydrogen-bond acceptors (Lipinski definition) is 4. The Morgan fingerprint density at radius 1 is 1.04 bits per heavy atom. The summed E-state index contributed by atoms with van der Waals surface area (Å²) in [6, 6.07) is 18.1. The zero-order valence-corrected chi connectivity index (χ0v) is 15.8. The van der Waals surface area contributed by atoms with Gasteiger partial charge in [0, 0.05) is 18.7 Å². The normalized spacial score (nSPS) is 10.3. The van der Waals surface area contributed by atoms with E-state index in [0.29, 0.717) is 29.5 Å². The average molecular weight is 378 g/mol. The van der Waals surface area contributed by atoms with E-state index in [4.69, 9.17) is 16.7 Å². The van der Waals surface area contributed by atoms with Gasteiger partial charge in [0.15, 0.2) is 5.69 Å². The molecule has 0 amide bonds. The van der Waals surface area contributed by atoms with Gasteiger partial charge in [-0.15, -0.1) is 5.10 Å². The van der Waals surface area contributed by atoms with Crippen LogP contribution in [0.25, 0.3) is 11.1 Å². The highest BCUT2D eigenvalue weighted by Crippen LogP contribution is 2.25. The molecule has 0 spiro atoms. The SMILES string of the molecule is Cc1c(C#Cc2nnc(CNCCO)cc2Cl)cccc1-c1ccccc1. The van der Waals surface area contributed by atoms with Gasteiger partial charge in [-0.05, 0) is 41.7 Å². The highest BCUT2D eigenvalue weighted by Gasteiger charge is 2.06. The van der Waals surface area contributed by atoms with Crippen molar-refractivity contribution in [2.45, 2.75) is 13.5 Å². The molecule has 1 aromatic heterocycles. The summed E-state index contributed by atoms with van der Waals surface area (Å²) in [5.74, 6) is 6.19. The van der Waals surface area contributed by atoms with Crippen LogP contribution < -0.4 is 5.32 Å². The number of rotatable bonds is 5. The summed E-state index contributed by atoms with van der Waals surface area (Å²) in [5.41, 5.74) is 5.53. The van der Waals surface area contributed by atoms with Crippen molar-refractivity contribution in [3.63, 3.8) is 0 Å². The number of benzene rings is 2. The Kier molecular flexibility index (Phi) is 6.56. The first-order valence-electron chi connectivity index (χ1n) is 8.70. The smallest absolute Gasteiger partial charge is 0.154 e. The second kappa shape index (κ2) is 9.29. The maximum Gasteiger partial charge on any atom is 0.154 e. The topological polar surface area (TPSA) is 58.0 Å². The quantitative estimate of drug-likeness (QED) is 0.527. The Morgan fingerprint density at radius 2 is 1.85 bits per heavy atom. The first-order chi connectivity index (χ1) is 13.2. The van der Waals surface area contributed by atoms with Gasteiger partial charge in [0.25, 0.3) is 0 Å². The molecule has 0 bridgehead atoms. The third-order valence-corrected chi connectivity index (χ3v) is 4.41. The molecule has 0 atom stereocenters. The summed E-state index contributed by atoms with van der Waals surface area (Å²) < 4.78 is 0. The Hall–Kier alpha value is -2.71. The van der Waals surface area contributed by atoms with Crippen molar-refractivity contribution in [1.29, 1.82) is 0 Å². The first kappa shape index (κ1) is 19.1. The first-order valence-corrected chi connectivity index (χ1v) is 9.07. The number of nitrogens with zero attached hydrogens (tertiary/aromatic N) is 2. The minimum Gasteiger partial charge on any atom is -0.395 e. The summed E-state index contributed by atoms with van der Waals surface area (Å²) in [4.78, 5) is 0. The molecule has 0 aliphatic carbocycles. The Bertz CT molecular complexity index is 978. The summed E-state index contributed by atoms with van der Waals surface area (Å²) in [6.07, 6.45) is 0. The van der Waals surface area contributed by atoms with Gasteiger partial charge in [0.05, 0.1) is 17.3 Å². The summed E-state index contributed by atoms with van der Waals surface area (Å²) in [7, 11) is 0. The third-order valence-electron chi connectivity index (χ3n) is 4.13. The lowest BCUT2D eigenvalue weighted by Gasteiger charge is -2.07. The molecule has 27 heavy (non-hydrogen) atoms. The Balaban J connectivity index is 1.84. The average Bonchev–Trinajstić information content (AvgIpc) is 2.69. The fourth-order valence-corrected chi connectivity index (χ4v) is 2.91. The summed E-state index contributed by atoms with van der Waals surface area (Å²) in [5, 5.41) is 20.6. The lowest BCUT2D eigenvalue weighted by atomic mass is 9.97. The van der Waals surface area contributed by atoms with Crippen LogP contribution in [-0.2, 0) is 6.54 Å². The van der Waals surface area contributed by atoms with Crippen LogP contribution in [0.1, 0.15) is 22.5 Å². The molecule has 0 fully saturated rings. The lowest BCUT2D eigenvalue weighted by molar-refractivity contribution is 0.291. The molecule has 136 valence electrons. The molecular weight excluding hydrogens is 358 g/mol. The van der Waals surface area contributed by atoms with E-state index in [-0.39, 0.29) is 6.61 Å². The second-order valence-electron chi connectivity index (χ2n) is 6.03. The standard InChI is InChI=1S/C22H20ClN3O/c1-16-17(8-5-9-20(16)18-6-3-2-4-7-18)10-11-22-21(23)14-19(25-26-22)15-24-12-13-27/h2-9,14,24,27H,12-13,15H2,1H3. The Labute approximate surface area is 164 Å². The zero-order valence-electron chi connectivity index (χ0n) is 15.0. The molecule has 2 N–H and O–H groups in total. The van der Waals surface area contributed by atoms with Crippen LogP contribution >= 0.6 is 11.6 Å². The number of nitrogens with one attached hydrogen (secondary N) is 1. The maximum atomic E-state index is 8.79. The van der Waals surface area contributed by atoms with Crippen LogP contribution in [0.4, 0.5) is 0 Å². The van der Waals surface area contributed by atoms with Gasteiger partial charge in [-0.25, -0.2) is 0 Å². The third kappa shape index (κ3) is 4.93. The summed E-state index contributed by atoms with van der Waals surface area (Å²) in [6.45, 7) is 3.14. The van der Waals surface area contributed by atoms with Gasteiger partial charge >= 0.3 is 0 Å². The molecule has 0 aliphatic rings. The van der Waals surface area contributed by atoms with Crippen LogP contribution in [0.2, 0.25) is 5.02 Å². The number of aliphatic hydroxyl groups excluding tert-OH is 1. The highest BCUT2D eigenvalue weighted by atomic mass is 35.5. The minimum atomic E-state index is 0.0755. The van der Waals surface area contributed by atoms with Gasteiger partial charge in [0.2, 0.25) is 0 Å². The highest BCUT2D eigenvalue weighted by molar-refractivity contribution is 6.31. The molecule has 1 heterocycles. The fourth-order valence-electron chi connectivity index (χ4n) is 2.70. The lowest BCUT2D eigenvalue weighted by Crippen LogP contribution is -2.18. The van der Waals surface area contributed by atoms with Crippen molar-refractivity contribution in [3.8, 4) is 23.0 Å². The van der Waals surface area contributed by atoms with Crippen molar-refractivity contribution in [3.05, 3.63) is 82.1 Å². The van der Waals surface area contributed by atoms with Crippen molar-refractivity contribution < 1.29 is 5.11 Å². The van der Waals surface area contributed by atoms with Crippen LogP contribution in [-0.4, -0.2) is 28.5 Å². The zero-order chi connectivity index (χ0) is 19.1. The van der Waals surface area contributed by atoms with E-state index < -0.39 is 0 Å². The predicted molar refractivity (Wildman–Crippen MR) is 108 cm³/mol. The number of aromatic nitrogens is 2. The maximum absolute atomic E-state index is 8.79. The van der Waals surface area contributed by atoms with E-state index in [0.717, 1.165) is 22.3 Å². The van der Waals surface area contributed by atoms with Crippen molar-refractivity contribution in [1.82, 2.24) is 15.5 Å². The fraction of sp³-hybridized carbons (Fsp3) is 0.182. The van der Waals surface area contributed by atoms with Crippen LogP contribution in [0.15, 0.2) is 54.6 Å². The van der Waals surface area contributed by atoms with Crippen LogP contribution in [0.3, 0.4) is 0 Å². The molecule has 3 rings (SSSR count). The van der Waals surface area contributed by atoms with Crippen molar-refractivity contribution in [2.24, 2.45) is 0 Å². The molecule has 0 saturated heterocycles. The largest absolute Gasteiger partial charge is 0.395 e. The molecule has 2 aromatic carbocycles. The van der Waals surface area contributed by atoms with E-state index >= 15 is 0 Å². The van der Waals surface area contributed by atoms with E-state index in [1.807, 2.05) is 30.3 Å². The summed E-state index contributed by atoms with van der Waals surface area (Å²) >= 11 is 6.29. The van der Waals surface area contributed by atoms with Crippen LogP contribution in [0.5, 0.6) is 0 Å². The van der Waals surface area contributed by atoms with E-state index in [9.17, 15) is 0 Å². The van der Waals surface area contributed by atoms with Gasteiger partial charge in [-0.2, -0.15) is 5.10 Å². The monoisotopic (exact) mass is 377 g/mol. The molecule has 0 aliphatic heterocycles. The number of aliphatic hydroxyl groups is 1. The van der Waals surface area contributed by atoms with E-state index in [1.54, 1.807) is 6.07 Å². The molecule has 0 saturated carbocycles. The second-order valence-corrected chi connectivity index (χ2v) is 6.43. The van der Waals surface area contributed by atoms with E-state index in [1.165, 1.54) is 0 Å². The molecule has 3 aromatic rings. The van der Waals surface area contributed by atoms with Crippen LogP contribution in [0, 0.1) is 18.8 Å². The molecule has 0 radical (unpaired) electrons. The molecular formula is C22H20ClN3O. The number of halogens is 1. The van der Waals surface area contributed by atoms with Crippen molar-refractivity contribution >= 4 is 11.6 Å². The Morgan fingerprint density at radius 3 is 2.59 bits per heavy atom.